The second kappa shape index (κ2) is 30.4. The van der Waals surface area contributed by atoms with Crippen LogP contribution in [0.3, 0.4) is 0 Å². The summed E-state index contributed by atoms with van der Waals surface area (Å²) in [6.45, 7) is 4.73. The van der Waals surface area contributed by atoms with Crippen LogP contribution in [0, 0.1) is 0 Å². The number of rotatable bonds is 13. The third-order valence-electron chi connectivity index (χ3n) is 27.1. The van der Waals surface area contributed by atoms with Gasteiger partial charge in [0.15, 0.2) is 0 Å². The number of anilines is 6. The Balaban J connectivity index is 0.000000138. The third-order valence-corrected chi connectivity index (χ3v) is 29.6. The summed E-state index contributed by atoms with van der Waals surface area (Å²) in [7, 11) is 0. The van der Waals surface area contributed by atoms with E-state index in [9.17, 15) is 0 Å². The Morgan fingerprint density at radius 1 is 0.221 bits per heavy atom. The molecule has 0 spiro atoms. The van der Waals surface area contributed by atoms with Crippen LogP contribution in [0.4, 0.5) is 34.1 Å². The largest absolute Gasteiger partial charge is 0.456 e. The molecule has 1 aliphatic carbocycles. The molecule has 131 heavy (non-hydrogen) atoms. The van der Waals surface area contributed by atoms with Crippen LogP contribution < -0.4 is 9.80 Å². The maximum Gasteiger partial charge on any atom is 0.135 e. The number of hydrogen-bond donors (Lipinski definition) is 0. The SMILES string of the molecule is CC1(C)c2ccccc2-c2ccc(N(c3ccc(-c4ccccc4)cc3)c3cccc(-c4cc5c6ccccc6n(-c6ccc7oc8ccccc8c7c6)c5c5c4sc4ccccc45)c3)cc21.c1ccc(-c2ccc(N(c3ccc(-c4ccccc4)cc3)c3cccc(-c4cc5c6ccccc6n(-c6ccc7oc8ccccc8c7c6)c5c5c4sc4ccccc45)c3)cc2)cc1. The van der Waals surface area contributed by atoms with Crippen molar-refractivity contribution >= 4 is 185 Å². The normalized spacial score (nSPS) is 12.4. The lowest BCUT2D eigenvalue weighted by Gasteiger charge is -2.28. The van der Waals surface area contributed by atoms with Gasteiger partial charge in [-0.3, -0.25) is 0 Å². The Kier molecular flexibility index (Phi) is 17.6. The van der Waals surface area contributed by atoms with E-state index >= 15 is 0 Å². The lowest BCUT2D eigenvalue weighted by Crippen LogP contribution is -2.16. The van der Waals surface area contributed by atoms with Gasteiger partial charge in [-0.15, -0.1) is 22.7 Å². The van der Waals surface area contributed by atoms with Crippen molar-refractivity contribution < 1.29 is 8.83 Å². The lowest BCUT2D eigenvalue weighted by molar-refractivity contribution is 0.660. The Labute approximate surface area is 764 Å². The first-order chi connectivity index (χ1) is 64.7. The number of furan rings is 2. The summed E-state index contributed by atoms with van der Waals surface area (Å²) in [5.41, 5.74) is 34.5. The molecule has 20 aromatic carbocycles. The fourth-order valence-electron chi connectivity index (χ4n) is 21.0. The van der Waals surface area contributed by atoms with E-state index in [2.05, 4.69) is 470 Å². The van der Waals surface area contributed by atoms with Crippen LogP contribution in [0.25, 0.3) is 206 Å². The van der Waals surface area contributed by atoms with Gasteiger partial charge in [0.2, 0.25) is 0 Å². The van der Waals surface area contributed by atoms with Crippen molar-refractivity contribution in [2.24, 2.45) is 0 Å². The molecule has 0 radical (unpaired) electrons. The van der Waals surface area contributed by atoms with Gasteiger partial charge in [-0.1, -0.05) is 305 Å². The van der Waals surface area contributed by atoms with Crippen LogP contribution in [0.2, 0.25) is 0 Å². The zero-order valence-electron chi connectivity index (χ0n) is 71.6. The van der Waals surface area contributed by atoms with Gasteiger partial charge in [-0.25, -0.2) is 0 Å². The van der Waals surface area contributed by atoms with E-state index in [1.54, 1.807) is 0 Å². The van der Waals surface area contributed by atoms with Gasteiger partial charge in [-0.2, -0.15) is 0 Å². The van der Waals surface area contributed by atoms with Gasteiger partial charge in [0.25, 0.3) is 0 Å². The lowest BCUT2D eigenvalue weighted by atomic mass is 9.82. The molecule has 0 fully saturated rings. The van der Waals surface area contributed by atoms with E-state index in [0.29, 0.717) is 0 Å². The van der Waals surface area contributed by atoms with Crippen molar-refractivity contribution in [2.75, 3.05) is 9.80 Å². The number of hydrogen-bond acceptors (Lipinski definition) is 6. The number of benzene rings is 20. The molecule has 0 saturated carbocycles. The molecule has 0 amide bonds. The molecule has 8 heteroatoms. The quantitative estimate of drug-likeness (QED) is 0.115. The zero-order valence-corrected chi connectivity index (χ0v) is 73.3. The predicted octanol–water partition coefficient (Wildman–Crippen LogP) is 35.7. The molecule has 0 saturated heterocycles. The highest BCUT2D eigenvalue weighted by Gasteiger charge is 2.36. The molecular weight excluding hydrogens is 1630 g/mol. The first kappa shape index (κ1) is 75.9. The molecule has 0 aliphatic heterocycles. The molecule has 6 nitrogen and oxygen atoms in total. The van der Waals surface area contributed by atoms with E-state index in [0.717, 1.165) is 89.4 Å². The maximum atomic E-state index is 6.32. The summed E-state index contributed by atoms with van der Waals surface area (Å²) in [5.74, 6) is 0. The smallest absolute Gasteiger partial charge is 0.135 e. The van der Waals surface area contributed by atoms with Crippen molar-refractivity contribution in [1.29, 1.82) is 0 Å². The summed E-state index contributed by atoms with van der Waals surface area (Å²) in [4.78, 5) is 4.83. The third kappa shape index (κ3) is 12.4. The van der Waals surface area contributed by atoms with Gasteiger partial charge in [0, 0.05) is 145 Å². The molecule has 616 valence electrons. The Morgan fingerprint density at radius 3 is 1.02 bits per heavy atom. The van der Waals surface area contributed by atoms with Crippen LogP contribution >= 0.6 is 22.7 Å². The Bertz CT molecular complexity index is 8980. The van der Waals surface area contributed by atoms with Crippen molar-refractivity contribution in [3.05, 3.63) is 460 Å². The Morgan fingerprint density at radius 2 is 0.565 bits per heavy atom. The first-order valence-electron chi connectivity index (χ1n) is 44.8. The van der Waals surface area contributed by atoms with Crippen LogP contribution in [0.5, 0.6) is 0 Å². The van der Waals surface area contributed by atoms with E-state index in [-0.39, 0.29) is 5.41 Å². The maximum absolute atomic E-state index is 6.32. The number of aromatic nitrogens is 2. The highest BCUT2D eigenvalue weighted by atomic mass is 32.1. The van der Waals surface area contributed by atoms with Gasteiger partial charge in [-0.05, 0) is 224 Å². The number of para-hydroxylation sites is 4. The highest BCUT2D eigenvalue weighted by Crippen LogP contribution is 2.55. The van der Waals surface area contributed by atoms with Crippen LogP contribution in [0.1, 0.15) is 25.0 Å². The second-order valence-electron chi connectivity index (χ2n) is 34.9. The molecule has 0 N–H and O–H groups in total. The summed E-state index contributed by atoms with van der Waals surface area (Å²) >= 11 is 3.77. The monoisotopic (exact) mass is 1710 g/mol. The molecule has 1 aliphatic rings. The van der Waals surface area contributed by atoms with Gasteiger partial charge in [0.1, 0.15) is 22.3 Å². The molecule has 6 aromatic heterocycles. The van der Waals surface area contributed by atoms with E-state index in [1.807, 2.05) is 34.8 Å². The average molecular weight is 1710 g/mol. The zero-order chi connectivity index (χ0) is 86.5. The van der Waals surface area contributed by atoms with Crippen molar-refractivity contribution in [1.82, 2.24) is 9.13 Å². The topological polar surface area (TPSA) is 42.6 Å². The fourth-order valence-corrected chi connectivity index (χ4v) is 23.5. The molecule has 0 bridgehead atoms. The van der Waals surface area contributed by atoms with Crippen LogP contribution in [0.15, 0.2) is 458 Å². The minimum atomic E-state index is -0.133. The second-order valence-corrected chi connectivity index (χ2v) is 37.0. The average Bonchev–Trinajstić information content (AvgIpc) is 1.54. The van der Waals surface area contributed by atoms with Gasteiger partial charge < -0.3 is 27.8 Å². The number of thiophene rings is 2. The summed E-state index contributed by atoms with van der Waals surface area (Å²) in [6.07, 6.45) is 0. The molecule has 0 atom stereocenters. The van der Waals surface area contributed by atoms with Gasteiger partial charge in [0.05, 0.1) is 22.1 Å². The summed E-state index contributed by atoms with van der Waals surface area (Å²) in [6, 6.07) is 164. The number of nitrogens with zero attached hydrogens (tertiary/aromatic N) is 4. The van der Waals surface area contributed by atoms with E-state index in [4.69, 9.17) is 8.83 Å². The minimum absolute atomic E-state index is 0.133. The fraction of sp³-hybridized carbons (Fsp3) is 0.0244. The molecule has 6 heterocycles. The molecular formula is C123H80N4O2S2. The Hall–Kier alpha value is -16.4. The highest BCUT2D eigenvalue weighted by molar-refractivity contribution is 7.27. The molecule has 26 aromatic rings. The first-order valence-corrected chi connectivity index (χ1v) is 46.4. The van der Waals surface area contributed by atoms with E-state index in [1.165, 1.54) is 162 Å². The predicted molar refractivity (Wildman–Crippen MR) is 556 cm³/mol. The minimum Gasteiger partial charge on any atom is -0.456 e. The molecule has 27 rings (SSSR count). The van der Waals surface area contributed by atoms with E-state index < -0.39 is 0 Å². The summed E-state index contributed by atoms with van der Waals surface area (Å²) in [5, 5.41) is 14.5. The standard InChI is InChI=1S/C63H42N2OS.C60H38N2OS/c1-63(2)54-23-10-6-19-46(54)47-33-31-45(37-55(47)63)64(42-29-27-40(28-30-42)39-15-4-3-5-16-39)43-18-14-17-41(35-43)51-38-53-48-20-7-11-24-56(48)65(61(53)60-50-22-9-13-26-59(50)67-62(51)60)44-32-34-58-52(36-44)49-21-8-12-25-57(49)66-58;1-3-14-39(15-4-1)41-26-30-44(31-27-41)61(45-32-28-42(29-33-45)40-16-5-2-6-17-40)46-19-13-18-43(36-46)51-38-53-48-20-7-10-23-54(48)62(59(53)58-50-22-9-12-25-57(50)64-60(51)58)47-34-35-56-52(37-47)49-21-8-11-24-55(49)63-56/h3-38H,1-2H3;1-38H. The van der Waals surface area contributed by atoms with Crippen LogP contribution in [-0.2, 0) is 5.41 Å². The summed E-state index contributed by atoms with van der Waals surface area (Å²) < 4.78 is 22.7. The van der Waals surface area contributed by atoms with Crippen molar-refractivity contribution in [3.8, 4) is 78.1 Å². The van der Waals surface area contributed by atoms with Crippen molar-refractivity contribution in [3.63, 3.8) is 0 Å². The molecule has 0 unspecified atom stereocenters. The van der Waals surface area contributed by atoms with Gasteiger partial charge >= 0.3 is 0 Å². The van der Waals surface area contributed by atoms with Crippen molar-refractivity contribution in [2.45, 2.75) is 19.3 Å². The number of fused-ring (bicyclic) bond motifs is 23. The van der Waals surface area contributed by atoms with Crippen LogP contribution in [-0.4, -0.2) is 9.13 Å².